The van der Waals surface area contributed by atoms with Gasteiger partial charge in [-0.05, 0) is 57.4 Å². The van der Waals surface area contributed by atoms with Gasteiger partial charge in [0, 0.05) is 36.5 Å². The summed E-state index contributed by atoms with van der Waals surface area (Å²) in [6, 6.07) is 14.7. The first-order valence-electron chi connectivity index (χ1n) is 9.49. The zero-order chi connectivity index (χ0) is 19.7. The predicted molar refractivity (Wildman–Crippen MR) is 111 cm³/mol. The van der Waals surface area contributed by atoms with Crippen molar-refractivity contribution >= 4 is 11.6 Å². The van der Waals surface area contributed by atoms with E-state index in [1.54, 1.807) is 12.1 Å². The Balaban J connectivity index is 1.70. The Morgan fingerprint density at radius 3 is 2.61 bits per heavy atom. The molecule has 0 saturated carbocycles. The molecule has 6 heteroatoms. The normalized spacial score (nSPS) is 17.5. The van der Waals surface area contributed by atoms with Gasteiger partial charge in [-0.1, -0.05) is 29.8 Å². The van der Waals surface area contributed by atoms with Gasteiger partial charge in [-0.2, -0.15) is 5.10 Å². The zero-order valence-corrected chi connectivity index (χ0v) is 16.9. The minimum atomic E-state index is -0.257. The Bertz CT molecular complexity index is 953. The Kier molecular flexibility index (Phi) is 5.49. The van der Waals surface area contributed by atoms with E-state index in [-0.39, 0.29) is 5.82 Å². The molecule has 3 aromatic rings. The van der Waals surface area contributed by atoms with Crippen molar-refractivity contribution in [1.29, 1.82) is 0 Å². The molecule has 1 fully saturated rings. The van der Waals surface area contributed by atoms with Crippen LogP contribution in [-0.2, 0) is 6.54 Å². The fourth-order valence-corrected chi connectivity index (χ4v) is 4.03. The van der Waals surface area contributed by atoms with Crippen LogP contribution >= 0.6 is 11.6 Å². The number of likely N-dealkylation sites (tertiary alicyclic amines) is 1. The standard InChI is InChI=1S/C22H24ClFN4/c1-26-12-11-19(15-26)27(2)13-16-14-28(18-9-7-17(24)8-10-18)25-22(16)20-5-3-4-6-21(20)23/h3-10,14,19H,11-13,15H2,1-2H3/t19-/m0/s1. The van der Waals surface area contributed by atoms with Crippen LogP contribution in [0.5, 0.6) is 0 Å². The Labute approximate surface area is 170 Å². The Morgan fingerprint density at radius 2 is 1.93 bits per heavy atom. The maximum Gasteiger partial charge on any atom is 0.123 e. The van der Waals surface area contributed by atoms with Crippen LogP contribution in [0.15, 0.2) is 54.7 Å². The lowest BCUT2D eigenvalue weighted by atomic mass is 10.1. The van der Waals surface area contributed by atoms with Gasteiger partial charge in [0.05, 0.1) is 16.4 Å². The van der Waals surface area contributed by atoms with Gasteiger partial charge < -0.3 is 4.90 Å². The van der Waals surface area contributed by atoms with Crippen molar-refractivity contribution in [2.24, 2.45) is 0 Å². The number of likely N-dealkylation sites (N-methyl/N-ethyl adjacent to an activating group) is 2. The largest absolute Gasteiger partial charge is 0.305 e. The molecule has 1 saturated heterocycles. The van der Waals surface area contributed by atoms with Gasteiger partial charge in [-0.25, -0.2) is 9.07 Å². The molecular weight excluding hydrogens is 375 g/mol. The van der Waals surface area contributed by atoms with E-state index < -0.39 is 0 Å². The van der Waals surface area contributed by atoms with E-state index in [2.05, 4.69) is 23.9 Å². The average Bonchev–Trinajstić information content (AvgIpc) is 3.29. The number of hydrogen-bond acceptors (Lipinski definition) is 3. The fraction of sp³-hybridized carbons (Fsp3) is 0.318. The lowest BCUT2D eigenvalue weighted by Crippen LogP contribution is -2.33. The molecule has 1 aliphatic heterocycles. The molecule has 2 aromatic carbocycles. The van der Waals surface area contributed by atoms with Gasteiger partial charge in [0.1, 0.15) is 5.82 Å². The van der Waals surface area contributed by atoms with E-state index in [9.17, 15) is 4.39 Å². The molecule has 1 atom stereocenters. The highest BCUT2D eigenvalue weighted by Crippen LogP contribution is 2.31. The molecule has 2 heterocycles. The minimum absolute atomic E-state index is 0.257. The predicted octanol–water partition coefficient (Wildman–Crippen LogP) is 4.47. The summed E-state index contributed by atoms with van der Waals surface area (Å²) in [6.07, 6.45) is 3.20. The highest BCUT2D eigenvalue weighted by atomic mass is 35.5. The van der Waals surface area contributed by atoms with E-state index in [0.717, 1.165) is 42.1 Å². The minimum Gasteiger partial charge on any atom is -0.305 e. The third-order valence-corrected chi connectivity index (χ3v) is 5.75. The summed E-state index contributed by atoms with van der Waals surface area (Å²) in [6.45, 7) is 2.98. The van der Waals surface area contributed by atoms with E-state index in [4.69, 9.17) is 16.7 Å². The molecule has 1 aromatic heterocycles. The molecule has 28 heavy (non-hydrogen) atoms. The summed E-state index contributed by atoms with van der Waals surface area (Å²) in [5, 5.41) is 5.49. The summed E-state index contributed by atoms with van der Waals surface area (Å²) in [7, 11) is 4.32. The summed E-state index contributed by atoms with van der Waals surface area (Å²) < 4.78 is 15.1. The van der Waals surface area contributed by atoms with Crippen molar-refractivity contribution in [3.63, 3.8) is 0 Å². The van der Waals surface area contributed by atoms with Crippen LogP contribution < -0.4 is 0 Å². The number of aromatic nitrogens is 2. The molecule has 146 valence electrons. The third-order valence-electron chi connectivity index (χ3n) is 5.42. The van der Waals surface area contributed by atoms with Gasteiger partial charge in [0.2, 0.25) is 0 Å². The van der Waals surface area contributed by atoms with Crippen LogP contribution in [0.1, 0.15) is 12.0 Å². The Morgan fingerprint density at radius 1 is 1.18 bits per heavy atom. The molecule has 4 rings (SSSR count). The number of hydrogen-bond donors (Lipinski definition) is 0. The first-order chi connectivity index (χ1) is 13.5. The van der Waals surface area contributed by atoms with Crippen molar-refractivity contribution in [2.75, 3.05) is 27.2 Å². The second kappa shape index (κ2) is 8.03. The second-order valence-electron chi connectivity index (χ2n) is 7.52. The molecule has 0 aliphatic carbocycles. The van der Waals surface area contributed by atoms with E-state index in [0.29, 0.717) is 11.1 Å². The summed E-state index contributed by atoms with van der Waals surface area (Å²) in [4.78, 5) is 4.74. The molecule has 0 bridgehead atoms. The molecule has 4 nitrogen and oxygen atoms in total. The maximum atomic E-state index is 13.3. The van der Waals surface area contributed by atoms with Gasteiger partial charge in [0.15, 0.2) is 0 Å². The van der Waals surface area contributed by atoms with Crippen molar-refractivity contribution in [1.82, 2.24) is 19.6 Å². The smallest absolute Gasteiger partial charge is 0.123 e. The van der Waals surface area contributed by atoms with Gasteiger partial charge >= 0.3 is 0 Å². The number of nitrogens with zero attached hydrogens (tertiary/aromatic N) is 4. The van der Waals surface area contributed by atoms with Gasteiger partial charge in [-0.15, -0.1) is 0 Å². The van der Waals surface area contributed by atoms with Crippen LogP contribution in [0, 0.1) is 5.82 Å². The monoisotopic (exact) mass is 398 g/mol. The van der Waals surface area contributed by atoms with Gasteiger partial charge in [-0.3, -0.25) is 4.90 Å². The first kappa shape index (κ1) is 19.1. The summed E-state index contributed by atoms with van der Waals surface area (Å²) in [5.74, 6) is -0.257. The summed E-state index contributed by atoms with van der Waals surface area (Å²) >= 11 is 6.47. The van der Waals surface area contributed by atoms with Crippen molar-refractivity contribution in [3.8, 4) is 16.9 Å². The molecular formula is C22H24ClFN4. The molecule has 0 spiro atoms. The van der Waals surface area contributed by atoms with Crippen molar-refractivity contribution in [2.45, 2.75) is 19.0 Å². The lowest BCUT2D eigenvalue weighted by Gasteiger charge is -2.24. The number of halogens is 2. The Hall–Kier alpha value is -2.21. The van der Waals surface area contributed by atoms with E-state index in [1.807, 2.05) is 35.1 Å². The van der Waals surface area contributed by atoms with Crippen LogP contribution in [0.3, 0.4) is 0 Å². The molecule has 0 N–H and O–H groups in total. The van der Waals surface area contributed by atoms with Crippen LogP contribution in [0.2, 0.25) is 5.02 Å². The van der Waals surface area contributed by atoms with Crippen LogP contribution in [0.4, 0.5) is 4.39 Å². The zero-order valence-electron chi connectivity index (χ0n) is 16.1. The molecule has 0 amide bonds. The van der Waals surface area contributed by atoms with Crippen molar-refractivity contribution in [3.05, 3.63) is 71.1 Å². The number of rotatable bonds is 5. The molecule has 1 aliphatic rings. The lowest BCUT2D eigenvalue weighted by molar-refractivity contribution is 0.234. The van der Waals surface area contributed by atoms with E-state index in [1.165, 1.54) is 18.6 Å². The highest BCUT2D eigenvalue weighted by Gasteiger charge is 2.25. The second-order valence-corrected chi connectivity index (χ2v) is 7.93. The first-order valence-corrected chi connectivity index (χ1v) is 9.87. The fourth-order valence-electron chi connectivity index (χ4n) is 3.80. The van der Waals surface area contributed by atoms with Crippen molar-refractivity contribution < 1.29 is 4.39 Å². The molecule has 0 radical (unpaired) electrons. The van der Waals surface area contributed by atoms with Crippen LogP contribution in [-0.4, -0.2) is 52.8 Å². The molecule has 0 unspecified atom stereocenters. The maximum absolute atomic E-state index is 13.3. The summed E-state index contributed by atoms with van der Waals surface area (Å²) in [5.41, 5.74) is 3.71. The van der Waals surface area contributed by atoms with Gasteiger partial charge in [0.25, 0.3) is 0 Å². The van der Waals surface area contributed by atoms with E-state index >= 15 is 0 Å². The number of benzene rings is 2. The van der Waals surface area contributed by atoms with Crippen LogP contribution in [0.25, 0.3) is 16.9 Å². The highest BCUT2D eigenvalue weighted by molar-refractivity contribution is 6.33. The average molecular weight is 399 g/mol. The quantitative estimate of drug-likeness (QED) is 0.633. The topological polar surface area (TPSA) is 24.3 Å². The SMILES string of the molecule is CN1CC[C@H](N(C)Cc2cn(-c3ccc(F)cc3)nc2-c2ccccc2Cl)C1. The third kappa shape index (κ3) is 3.97.